The maximum atomic E-state index is 12.7. The number of hydrogen-bond acceptors (Lipinski definition) is 3. The molecule has 4 heteroatoms. The van der Waals surface area contributed by atoms with Crippen LogP contribution in [0.4, 0.5) is 0 Å². The zero-order valence-corrected chi connectivity index (χ0v) is 14.0. The molecule has 0 aromatic heterocycles. The summed E-state index contributed by atoms with van der Waals surface area (Å²) in [4.78, 5) is 0. The van der Waals surface area contributed by atoms with E-state index in [2.05, 4.69) is 5.32 Å². The Bertz CT molecular complexity index is 530. The zero-order valence-electron chi connectivity index (χ0n) is 13.1. The van der Waals surface area contributed by atoms with Crippen molar-refractivity contribution >= 4 is 9.84 Å². The molecule has 0 amide bonds. The van der Waals surface area contributed by atoms with E-state index in [9.17, 15) is 8.42 Å². The van der Waals surface area contributed by atoms with Gasteiger partial charge >= 0.3 is 0 Å². The molecule has 1 unspecified atom stereocenters. The Morgan fingerprint density at radius 1 is 1.14 bits per heavy atom. The van der Waals surface area contributed by atoms with Gasteiger partial charge in [0.15, 0.2) is 9.84 Å². The van der Waals surface area contributed by atoms with E-state index in [1.165, 1.54) is 12.0 Å². The summed E-state index contributed by atoms with van der Waals surface area (Å²) in [6.45, 7) is 4.85. The first-order valence-corrected chi connectivity index (χ1v) is 9.76. The summed E-state index contributed by atoms with van der Waals surface area (Å²) >= 11 is 0. The van der Waals surface area contributed by atoms with E-state index >= 15 is 0 Å². The molecule has 3 nitrogen and oxygen atoms in total. The van der Waals surface area contributed by atoms with E-state index < -0.39 is 9.84 Å². The molecule has 0 bridgehead atoms. The Morgan fingerprint density at radius 2 is 1.76 bits per heavy atom. The molecule has 1 saturated carbocycles. The molecule has 2 rings (SSSR count). The summed E-state index contributed by atoms with van der Waals surface area (Å²) in [5.74, 6) is 0.217. The third-order valence-electron chi connectivity index (χ3n) is 4.39. The normalized spacial score (nSPS) is 18.6. The van der Waals surface area contributed by atoms with Crippen molar-refractivity contribution in [1.29, 1.82) is 0 Å². The van der Waals surface area contributed by atoms with Crippen molar-refractivity contribution in [3.05, 3.63) is 35.4 Å². The van der Waals surface area contributed by atoms with Crippen molar-refractivity contribution in [2.45, 2.75) is 57.2 Å². The molecule has 1 fully saturated rings. The predicted octanol–water partition coefficient (Wildman–Crippen LogP) is 3.39. The van der Waals surface area contributed by atoms with Crippen molar-refractivity contribution in [2.24, 2.45) is 0 Å². The summed E-state index contributed by atoms with van der Waals surface area (Å²) in [5, 5.41) is 3.21. The third-order valence-corrected chi connectivity index (χ3v) is 6.67. The van der Waals surface area contributed by atoms with E-state index in [-0.39, 0.29) is 17.0 Å². The second kappa shape index (κ2) is 7.41. The number of hydrogen-bond donors (Lipinski definition) is 1. The van der Waals surface area contributed by atoms with Crippen LogP contribution in [-0.2, 0) is 9.84 Å². The summed E-state index contributed by atoms with van der Waals surface area (Å²) in [6.07, 6.45) is 4.98. The quantitative estimate of drug-likeness (QED) is 0.876. The van der Waals surface area contributed by atoms with Crippen LogP contribution in [0, 0.1) is 6.92 Å². The Balaban J connectivity index is 2.13. The van der Waals surface area contributed by atoms with Crippen LogP contribution >= 0.6 is 0 Å². The lowest BCUT2D eigenvalue weighted by molar-refractivity contribution is 0.477. The van der Waals surface area contributed by atoms with E-state index in [1.54, 1.807) is 0 Å². The van der Waals surface area contributed by atoms with Crippen molar-refractivity contribution in [2.75, 3.05) is 12.3 Å². The molecule has 0 saturated heterocycles. The van der Waals surface area contributed by atoms with Crippen LogP contribution in [0.5, 0.6) is 0 Å². The molecule has 0 radical (unpaired) electrons. The largest absolute Gasteiger partial charge is 0.309 e. The van der Waals surface area contributed by atoms with Crippen LogP contribution in [0.1, 0.15) is 56.2 Å². The average molecular weight is 309 g/mol. The van der Waals surface area contributed by atoms with Gasteiger partial charge in [-0.2, -0.15) is 0 Å². The van der Waals surface area contributed by atoms with Gasteiger partial charge in [0, 0.05) is 6.04 Å². The lowest BCUT2D eigenvalue weighted by atomic mass is 10.0. The maximum Gasteiger partial charge on any atom is 0.155 e. The van der Waals surface area contributed by atoms with E-state index in [0.29, 0.717) is 0 Å². The molecule has 1 atom stereocenters. The average Bonchev–Trinajstić information content (AvgIpc) is 2.48. The topological polar surface area (TPSA) is 46.2 Å². The molecule has 1 aromatic rings. The van der Waals surface area contributed by atoms with Crippen molar-refractivity contribution in [1.82, 2.24) is 5.32 Å². The van der Waals surface area contributed by atoms with Gasteiger partial charge in [-0.05, 0) is 31.9 Å². The van der Waals surface area contributed by atoms with Crippen LogP contribution in [-0.4, -0.2) is 26.0 Å². The lowest BCUT2D eigenvalue weighted by Gasteiger charge is -2.25. The standard InChI is InChI=1S/C17H27NO2S/c1-3-18-17(15-11-9-14(2)10-12-15)13-21(19,20)16-7-5-4-6-8-16/h9-12,16-18H,3-8,13H2,1-2H3. The van der Waals surface area contributed by atoms with Gasteiger partial charge in [0.1, 0.15) is 0 Å². The molecular weight excluding hydrogens is 282 g/mol. The van der Waals surface area contributed by atoms with Crippen LogP contribution in [0.3, 0.4) is 0 Å². The summed E-state index contributed by atoms with van der Waals surface area (Å²) in [7, 11) is -3.03. The number of aryl methyl sites for hydroxylation is 1. The van der Waals surface area contributed by atoms with Crippen LogP contribution in [0.25, 0.3) is 0 Å². The van der Waals surface area contributed by atoms with E-state index in [0.717, 1.165) is 37.8 Å². The molecule has 0 aliphatic heterocycles. The fourth-order valence-electron chi connectivity index (χ4n) is 3.11. The minimum Gasteiger partial charge on any atom is -0.309 e. The molecule has 21 heavy (non-hydrogen) atoms. The highest BCUT2D eigenvalue weighted by Gasteiger charge is 2.30. The maximum absolute atomic E-state index is 12.7. The first-order chi connectivity index (χ1) is 10.0. The smallest absolute Gasteiger partial charge is 0.155 e. The summed E-state index contributed by atoms with van der Waals surface area (Å²) in [6, 6.07) is 8.08. The van der Waals surface area contributed by atoms with Gasteiger partial charge in [0.25, 0.3) is 0 Å². The molecule has 0 heterocycles. The van der Waals surface area contributed by atoms with Gasteiger partial charge in [-0.1, -0.05) is 56.0 Å². The van der Waals surface area contributed by atoms with Gasteiger partial charge in [0.2, 0.25) is 0 Å². The molecule has 1 N–H and O–H groups in total. The first-order valence-electron chi connectivity index (χ1n) is 8.04. The van der Waals surface area contributed by atoms with Gasteiger partial charge in [-0.3, -0.25) is 0 Å². The van der Waals surface area contributed by atoms with Gasteiger partial charge < -0.3 is 5.32 Å². The fourth-order valence-corrected chi connectivity index (χ4v) is 5.21. The van der Waals surface area contributed by atoms with Gasteiger partial charge in [-0.25, -0.2) is 8.42 Å². The summed E-state index contributed by atoms with van der Waals surface area (Å²) in [5.41, 5.74) is 2.27. The Morgan fingerprint density at radius 3 is 2.33 bits per heavy atom. The second-order valence-electron chi connectivity index (χ2n) is 6.11. The van der Waals surface area contributed by atoms with Crippen LogP contribution in [0.15, 0.2) is 24.3 Å². The molecule has 118 valence electrons. The number of rotatable bonds is 6. The molecule has 1 aliphatic rings. The minimum absolute atomic E-state index is 0.0949. The fraction of sp³-hybridized carbons (Fsp3) is 0.647. The number of benzene rings is 1. The Hall–Kier alpha value is -0.870. The van der Waals surface area contributed by atoms with Gasteiger partial charge in [0.05, 0.1) is 11.0 Å². The molecule has 1 aliphatic carbocycles. The summed E-state index contributed by atoms with van der Waals surface area (Å²) < 4.78 is 25.3. The van der Waals surface area contributed by atoms with Crippen molar-refractivity contribution < 1.29 is 8.42 Å². The monoisotopic (exact) mass is 309 g/mol. The SMILES string of the molecule is CCNC(CS(=O)(=O)C1CCCCC1)c1ccc(C)cc1. The Labute approximate surface area is 129 Å². The lowest BCUT2D eigenvalue weighted by Crippen LogP contribution is -2.34. The molecule has 0 spiro atoms. The second-order valence-corrected chi connectivity index (χ2v) is 8.44. The number of nitrogens with one attached hydrogen (secondary N) is 1. The number of sulfone groups is 1. The van der Waals surface area contributed by atoms with E-state index in [1.807, 2.05) is 38.1 Å². The van der Waals surface area contributed by atoms with Crippen molar-refractivity contribution in [3.63, 3.8) is 0 Å². The van der Waals surface area contributed by atoms with Crippen LogP contribution < -0.4 is 5.32 Å². The highest BCUT2D eigenvalue weighted by Crippen LogP contribution is 2.27. The zero-order chi connectivity index (χ0) is 15.3. The molecule has 1 aromatic carbocycles. The highest BCUT2D eigenvalue weighted by molar-refractivity contribution is 7.92. The third kappa shape index (κ3) is 4.55. The minimum atomic E-state index is -3.03. The molecular formula is C17H27NO2S. The predicted molar refractivity (Wildman–Crippen MR) is 88.3 cm³/mol. The van der Waals surface area contributed by atoms with E-state index in [4.69, 9.17) is 0 Å². The highest BCUT2D eigenvalue weighted by atomic mass is 32.2. The Kier molecular flexibility index (Phi) is 5.82. The van der Waals surface area contributed by atoms with Crippen LogP contribution in [0.2, 0.25) is 0 Å². The van der Waals surface area contributed by atoms with Crippen molar-refractivity contribution in [3.8, 4) is 0 Å². The first kappa shape index (κ1) is 16.5. The van der Waals surface area contributed by atoms with Gasteiger partial charge in [-0.15, -0.1) is 0 Å².